The van der Waals surface area contributed by atoms with Crippen LogP contribution in [0.4, 0.5) is 0 Å². The maximum atomic E-state index is 5.91. The third kappa shape index (κ3) is 6.17. The van der Waals surface area contributed by atoms with Crippen LogP contribution < -0.4 is 14.8 Å². The van der Waals surface area contributed by atoms with Crippen LogP contribution in [0.1, 0.15) is 29.8 Å². The van der Waals surface area contributed by atoms with Crippen LogP contribution in [0.15, 0.2) is 42.7 Å². The van der Waals surface area contributed by atoms with Gasteiger partial charge < -0.3 is 24.3 Å². The number of benzene rings is 2. The summed E-state index contributed by atoms with van der Waals surface area (Å²) < 4.78 is 21.9. The molecule has 3 rings (SSSR count). The first-order valence-corrected chi connectivity index (χ1v) is 10.5. The minimum atomic E-state index is 0.0994. The van der Waals surface area contributed by atoms with Crippen LogP contribution >= 0.6 is 0 Å². The van der Waals surface area contributed by atoms with E-state index < -0.39 is 0 Å². The maximum Gasteiger partial charge on any atom is 0.163 e. The van der Waals surface area contributed by atoms with Gasteiger partial charge in [-0.15, -0.1) is 6.42 Å². The minimum absolute atomic E-state index is 0.0994. The van der Waals surface area contributed by atoms with E-state index >= 15 is 0 Å². The van der Waals surface area contributed by atoms with Gasteiger partial charge in [0.2, 0.25) is 0 Å². The Kier molecular flexibility index (Phi) is 8.81. The third-order valence-electron chi connectivity index (χ3n) is 5.00. The van der Waals surface area contributed by atoms with E-state index in [-0.39, 0.29) is 6.04 Å². The summed E-state index contributed by atoms with van der Waals surface area (Å²) in [6.07, 6.45) is 7.09. The van der Waals surface area contributed by atoms with Crippen molar-refractivity contribution in [3.63, 3.8) is 0 Å². The van der Waals surface area contributed by atoms with Crippen molar-refractivity contribution in [2.45, 2.75) is 19.5 Å². The Balaban J connectivity index is 1.83. The van der Waals surface area contributed by atoms with Crippen molar-refractivity contribution >= 4 is 10.9 Å². The lowest BCUT2D eigenvalue weighted by Crippen LogP contribution is -2.19. The third-order valence-corrected chi connectivity index (χ3v) is 5.00. The first-order chi connectivity index (χ1) is 15.7. The van der Waals surface area contributed by atoms with Gasteiger partial charge in [0, 0.05) is 43.8 Å². The van der Waals surface area contributed by atoms with Crippen molar-refractivity contribution in [3.8, 4) is 23.8 Å². The van der Waals surface area contributed by atoms with E-state index in [2.05, 4.69) is 34.2 Å². The Labute approximate surface area is 189 Å². The Morgan fingerprint density at radius 3 is 2.38 bits per heavy atom. The van der Waals surface area contributed by atoms with Crippen LogP contribution in [0.3, 0.4) is 0 Å². The van der Waals surface area contributed by atoms with E-state index in [0.29, 0.717) is 44.5 Å². The second-order valence-electron chi connectivity index (χ2n) is 7.19. The van der Waals surface area contributed by atoms with Crippen molar-refractivity contribution in [1.82, 2.24) is 15.3 Å². The molecule has 1 aromatic heterocycles. The van der Waals surface area contributed by atoms with Gasteiger partial charge in [-0.25, -0.2) is 9.97 Å². The van der Waals surface area contributed by atoms with E-state index in [1.807, 2.05) is 30.3 Å². The number of hydrogen-bond acceptors (Lipinski definition) is 7. The summed E-state index contributed by atoms with van der Waals surface area (Å²) in [5.41, 5.74) is 3.64. The molecule has 0 saturated heterocycles. The predicted octanol–water partition coefficient (Wildman–Crippen LogP) is 3.51. The molecule has 0 spiro atoms. The van der Waals surface area contributed by atoms with E-state index in [9.17, 15) is 0 Å². The average molecular weight is 436 g/mol. The molecule has 168 valence electrons. The van der Waals surface area contributed by atoms with Gasteiger partial charge in [0.05, 0.1) is 24.4 Å². The lowest BCUT2D eigenvalue weighted by Gasteiger charge is -2.17. The second kappa shape index (κ2) is 12.0. The molecule has 0 bridgehead atoms. The van der Waals surface area contributed by atoms with Gasteiger partial charge in [-0.05, 0) is 30.7 Å². The molecule has 1 heterocycles. The molecule has 0 fully saturated rings. The summed E-state index contributed by atoms with van der Waals surface area (Å²) in [5.74, 6) is 3.92. The fourth-order valence-corrected chi connectivity index (χ4v) is 3.22. The number of nitrogens with zero attached hydrogens (tertiary/aromatic N) is 2. The van der Waals surface area contributed by atoms with E-state index in [1.165, 1.54) is 0 Å². The molecule has 0 amide bonds. The molecular weight excluding hydrogens is 406 g/mol. The summed E-state index contributed by atoms with van der Waals surface area (Å²) >= 11 is 0. The highest BCUT2D eigenvalue weighted by atomic mass is 16.5. The van der Waals surface area contributed by atoms with Gasteiger partial charge in [0.1, 0.15) is 19.5 Å². The zero-order valence-electron chi connectivity index (χ0n) is 18.8. The summed E-state index contributed by atoms with van der Waals surface area (Å²) in [4.78, 5) is 8.93. The number of nitrogens with one attached hydrogen (secondary N) is 1. The molecule has 0 aliphatic rings. The molecule has 0 radical (unpaired) electrons. The molecule has 3 aromatic rings. The fraction of sp³-hybridized carbons (Fsp3) is 0.360. The van der Waals surface area contributed by atoms with Crippen molar-refractivity contribution in [3.05, 3.63) is 59.5 Å². The molecule has 7 heteroatoms. The highest BCUT2D eigenvalue weighted by Crippen LogP contribution is 2.33. The number of aromatic nitrogens is 2. The molecule has 1 N–H and O–H groups in total. The largest absolute Gasteiger partial charge is 0.487 e. The van der Waals surface area contributed by atoms with Crippen molar-refractivity contribution < 1.29 is 18.9 Å². The Morgan fingerprint density at radius 1 is 0.969 bits per heavy atom. The molecule has 2 aromatic carbocycles. The van der Waals surface area contributed by atoms with Gasteiger partial charge in [0.15, 0.2) is 11.5 Å². The van der Waals surface area contributed by atoms with Gasteiger partial charge >= 0.3 is 0 Å². The second-order valence-corrected chi connectivity index (χ2v) is 7.19. The topological polar surface area (TPSA) is 74.7 Å². The first-order valence-electron chi connectivity index (χ1n) is 10.5. The molecule has 1 unspecified atom stereocenters. The summed E-state index contributed by atoms with van der Waals surface area (Å²) in [7, 11) is 3.27. The summed E-state index contributed by atoms with van der Waals surface area (Å²) in [5, 5.41) is 4.42. The van der Waals surface area contributed by atoms with Crippen LogP contribution in [0.2, 0.25) is 0 Å². The highest BCUT2D eigenvalue weighted by molar-refractivity contribution is 5.84. The molecule has 7 nitrogen and oxygen atoms in total. The maximum absolute atomic E-state index is 5.91. The van der Waals surface area contributed by atoms with Gasteiger partial charge in [-0.2, -0.15) is 0 Å². The van der Waals surface area contributed by atoms with Crippen LogP contribution in [-0.2, 0) is 16.0 Å². The van der Waals surface area contributed by atoms with Crippen molar-refractivity contribution in [2.75, 3.05) is 40.6 Å². The number of hydrogen-bond donors (Lipinski definition) is 1. The van der Waals surface area contributed by atoms with E-state index in [4.69, 9.17) is 25.4 Å². The van der Waals surface area contributed by atoms with Crippen LogP contribution in [0, 0.1) is 12.3 Å². The normalized spacial score (nSPS) is 11.8. The van der Waals surface area contributed by atoms with Gasteiger partial charge in [-0.3, -0.25) is 0 Å². The fourth-order valence-electron chi connectivity index (χ4n) is 3.22. The monoisotopic (exact) mass is 435 g/mol. The molecular formula is C25H29N3O4. The lowest BCUT2D eigenvalue weighted by atomic mass is 10.1. The molecule has 0 aliphatic heterocycles. The first kappa shape index (κ1) is 23.5. The van der Waals surface area contributed by atoms with Crippen LogP contribution in [0.5, 0.6) is 11.5 Å². The van der Waals surface area contributed by atoms with Crippen molar-refractivity contribution in [2.24, 2.45) is 0 Å². The molecule has 32 heavy (non-hydrogen) atoms. The molecule has 0 saturated carbocycles. The zero-order chi connectivity index (χ0) is 22.8. The number of terminal acetylenes is 1. The van der Waals surface area contributed by atoms with Gasteiger partial charge in [0.25, 0.3) is 0 Å². The number of rotatable bonds is 12. The summed E-state index contributed by atoms with van der Waals surface area (Å²) in [6, 6.07) is 11.9. The van der Waals surface area contributed by atoms with E-state index in [1.54, 1.807) is 20.5 Å². The standard InChI is InChI=1S/C25H29N3O4/c1-5-19-7-6-8-20(13-19)18(2)26-16-23-21-14-24(31-11-9-29-3)25(32-12-10-30-4)15-22(21)27-17-28-23/h1,6-8,13-15,17-18,26H,9-12,16H2,2-4H3. The average Bonchev–Trinajstić information content (AvgIpc) is 2.83. The van der Waals surface area contributed by atoms with Gasteiger partial charge in [-0.1, -0.05) is 18.1 Å². The number of fused-ring (bicyclic) bond motifs is 1. The summed E-state index contributed by atoms with van der Waals surface area (Å²) in [6.45, 7) is 4.43. The molecule has 1 atom stereocenters. The predicted molar refractivity (Wildman–Crippen MR) is 124 cm³/mol. The Morgan fingerprint density at radius 2 is 1.69 bits per heavy atom. The molecule has 0 aliphatic carbocycles. The Bertz CT molecular complexity index is 1060. The highest BCUT2D eigenvalue weighted by Gasteiger charge is 2.14. The minimum Gasteiger partial charge on any atom is -0.487 e. The zero-order valence-corrected chi connectivity index (χ0v) is 18.8. The number of methoxy groups -OCH3 is 2. The Hall–Kier alpha value is -3.18. The quantitative estimate of drug-likeness (QED) is 0.345. The van der Waals surface area contributed by atoms with E-state index in [0.717, 1.165) is 27.7 Å². The smallest absolute Gasteiger partial charge is 0.163 e. The SMILES string of the molecule is C#Cc1cccc(C(C)NCc2ncnc3cc(OCCOC)c(OCCOC)cc23)c1. The van der Waals surface area contributed by atoms with Crippen LogP contribution in [0.25, 0.3) is 10.9 Å². The number of ether oxygens (including phenoxy) is 4. The van der Waals surface area contributed by atoms with Crippen LogP contribution in [-0.4, -0.2) is 50.6 Å². The van der Waals surface area contributed by atoms with Crippen molar-refractivity contribution in [1.29, 1.82) is 0 Å². The lowest BCUT2D eigenvalue weighted by molar-refractivity contribution is 0.132.